The van der Waals surface area contributed by atoms with Crippen molar-refractivity contribution in [2.24, 2.45) is 5.92 Å². The Kier molecular flexibility index (Phi) is 5.85. The number of benzene rings is 1. The van der Waals surface area contributed by atoms with Crippen molar-refractivity contribution >= 4 is 22.0 Å². The highest BCUT2D eigenvalue weighted by atomic mass is 32.2. The van der Waals surface area contributed by atoms with Crippen molar-refractivity contribution in [3.05, 3.63) is 18.2 Å². The number of rotatable bonds is 5. The number of carbonyl (C=O) groups excluding carboxylic acids is 2. The molecule has 0 radical (unpaired) electrons. The predicted molar refractivity (Wildman–Crippen MR) is 91.9 cm³/mol. The second-order valence-corrected chi connectivity index (χ2v) is 8.11. The molecule has 0 aromatic heterocycles. The lowest BCUT2D eigenvalue weighted by Gasteiger charge is -2.30. The normalized spacial score (nSPS) is 18.0. The molecule has 148 valence electrons. The number of fused-ring (bicyclic) bond motifs is 1. The van der Waals surface area contributed by atoms with E-state index in [9.17, 15) is 18.0 Å². The minimum atomic E-state index is -3.70. The number of carbonyl (C=O) groups is 2. The molecule has 0 N–H and O–H groups in total. The van der Waals surface area contributed by atoms with E-state index >= 15 is 0 Å². The first kappa shape index (κ1) is 19.4. The lowest BCUT2D eigenvalue weighted by Crippen LogP contribution is -2.40. The van der Waals surface area contributed by atoms with Crippen LogP contribution in [0.5, 0.6) is 11.5 Å². The zero-order valence-corrected chi connectivity index (χ0v) is 15.7. The van der Waals surface area contributed by atoms with Crippen LogP contribution in [0.4, 0.5) is 0 Å². The molecule has 3 rings (SSSR count). The van der Waals surface area contributed by atoms with E-state index in [0.717, 1.165) is 0 Å². The Bertz CT molecular complexity index is 814. The van der Waals surface area contributed by atoms with Crippen LogP contribution < -0.4 is 9.47 Å². The van der Waals surface area contributed by atoms with Gasteiger partial charge in [-0.3, -0.25) is 4.79 Å². The number of nitrogens with zero attached hydrogens (tertiary/aromatic N) is 1. The van der Waals surface area contributed by atoms with Crippen LogP contribution in [0.2, 0.25) is 0 Å². The second kappa shape index (κ2) is 8.13. The molecular weight excluding hydrogens is 378 g/mol. The molecule has 0 atom stereocenters. The van der Waals surface area contributed by atoms with Crippen LogP contribution in [-0.4, -0.2) is 64.7 Å². The Hall–Kier alpha value is -2.33. The summed E-state index contributed by atoms with van der Waals surface area (Å²) in [5.74, 6) is -0.670. The SMILES string of the molecule is COC(=O)COC(=O)C1CCN(S(=O)(=O)c2ccc3c(c2)OCCO3)CC1. The number of piperidine rings is 1. The number of esters is 2. The number of sulfonamides is 1. The molecule has 0 unspecified atom stereocenters. The standard InChI is InChI=1S/C17H21NO8S/c1-23-16(19)11-26-17(20)12-4-6-18(7-5-12)27(21,22)13-2-3-14-15(10-13)25-9-8-24-14/h2-3,10,12H,4-9,11H2,1H3. The summed E-state index contributed by atoms with van der Waals surface area (Å²) in [7, 11) is -2.50. The largest absolute Gasteiger partial charge is 0.486 e. The summed E-state index contributed by atoms with van der Waals surface area (Å²) in [6.45, 7) is 0.739. The molecule has 1 fully saturated rings. The van der Waals surface area contributed by atoms with Gasteiger partial charge in [0.25, 0.3) is 0 Å². The van der Waals surface area contributed by atoms with Crippen molar-refractivity contribution in [3.63, 3.8) is 0 Å². The Labute approximate surface area is 157 Å². The predicted octanol–water partition coefficient (Wildman–Crippen LogP) is 0.575. The highest BCUT2D eigenvalue weighted by Crippen LogP contribution is 2.34. The van der Waals surface area contributed by atoms with E-state index in [1.54, 1.807) is 6.07 Å². The molecule has 1 aromatic rings. The summed E-state index contributed by atoms with van der Waals surface area (Å²) < 4.78 is 47.2. The minimum Gasteiger partial charge on any atom is -0.486 e. The number of hydrogen-bond donors (Lipinski definition) is 0. The monoisotopic (exact) mass is 399 g/mol. The van der Waals surface area contributed by atoms with Gasteiger partial charge in [-0.05, 0) is 25.0 Å². The van der Waals surface area contributed by atoms with Gasteiger partial charge in [0, 0.05) is 19.2 Å². The second-order valence-electron chi connectivity index (χ2n) is 6.17. The molecule has 0 bridgehead atoms. The lowest BCUT2D eigenvalue weighted by atomic mass is 9.98. The van der Waals surface area contributed by atoms with Gasteiger partial charge in [0.1, 0.15) is 13.2 Å². The van der Waals surface area contributed by atoms with Crippen molar-refractivity contribution in [2.75, 3.05) is 40.0 Å². The molecule has 2 aliphatic heterocycles. The van der Waals surface area contributed by atoms with Crippen LogP contribution in [0.25, 0.3) is 0 Å². The fourth-order valence-corrected chi connectivity index (χ4v) is 4.46. The van der Waals surface area contributed by atoms with Crippen molar-refractivity contribution in [3.8, 4) is 11.5 Å². The van der Waals surface area contributed by atoms with Gasteiger partial charge in [0.2, 0.25) is 10.0 Å². The average molecular weight is 399 g/mol. The highest BCUT2D eigenvalue weighted by Gasteiger charge is 2.33. The van der Waals surface area contributed by atoms with Crippen LogP contribution >= 0.6 is 0 Å². The summed E-state index contributed by atoms with van der Waals surface area (Å²) in [6.07, 6.45) is 0.646. The van der Waals surface area contributed by atoms with Gasteiger partial charge in [-0.2, -0.15) is 4.31 Å². The molecular formula is C17H21NO8S. The zero-order chi connectivity index (χ0) is 19.4. The Morgan fingerprint density at radius 3 is 2.48 bits per heavy atom. The molecule has 0 amide bonds. The van der Waals surface area contributed by atoms with Crippen LogP contribution in [0.15, 0.2) is 23.1 Å². The summed E-state index contributed by atoms with van der Waals surface area (Å²) >= 11 is 0. The van der Waals surface area contributed by atoms with Gasteiger partial charge in [-0.1, -0.05) is 0 Å². The van der Waals surface area contributed by atoms with Crippen LogP contribution in [-0.2, 0) is 29.1 Å². The number of methoxy groups -OCH3 is 1. The summed E-state index contributed by atoms with van der Waals surface area (Å²) in [6, 6.07) is 4.53. The van der Waals surface area contributed by atoms with Gasteiger partial charge in [-0.15, -0.1) is 0 Å². The zero-order valence-electron chi connectivity index (χ0n) is 14.9. The van der Waals surface area contributed by atoms with Crippen molar-refractivity contribution in [2.45, 2.75) is 17.7 Å². The summed E-state index contributed by atoms with van der Waals surface area (Å²) in [5.41, 5.74) is 0. The van der Waals surface area contributed by atoms with Crippen molar-refractivity contribution < 1.29 is 37.0 Å². The lowest BCUT2D eigenvalue weighted by molar-refractivity contribution is -0.160. The molecule has 27 heavy (non-hydrogen) atoms. The van der Waals surface area contributed by atoms with Gasteiger partial charge < -0.3 is 18.9 Å². The third-order valence-corrected chi connectivity index (χ3v) is 6.39. The minimum absolute atomic E-state index is 0.124. The molecule has 0 spiro atoms. The van der Waals surface area contributed by atoms with Gasteiger partial charge in [0.15, 0.2) is 18.1 Å². The Morgan fingerprint density at radius 2 is 1.81 bits per heavy atom. The van der Waals surface area contributed by atoms with Crippen LogP contribution in [0.3, 0.4) is 0 Å². The highest BCUT2D eigenvalue weighted by molar-refractivity contribution is 7.89. The maximum atomic E-state index is 12.9. The quantitative estimate of drug-likeness (QED) is 0.662. The average Bonchev–Trinajstić information content (AvgIpc) is 2.71. The fraction of sp³-hybridized carbons (Fsp3) is 0.529. The first-order chi connectivity index (χ1) is 12.9. The first-order valence-corrected chi connectivity index (χ1v) is 9.99. The van der Waals surface area contributed by atoms with Gasteiger partial charge >= 0.3 is 11.9 Å². The molecule has 0 aliphatic carbocycles. The molecule has 2 aliphatic rings. The maximum absolute atomic E-state index is 12.9. The molecule has 1 aromatic carbocycles. The third kappa shape index (κ3) is 4.33. The molecule has 10 heteroatoms. The van der Waals surface area contributed by atoms with Crippen molar-refractivity contribution in [1.82, 2.24) is 4.31 Å². The van der Waals surface area contributed by atoms with E-state index in [1.165, 1.54) is 23.5 Å². The summed E-state index contributed by atoms with van der Waals surface area (Å²) in [4.78, 5) is 23.1. The van der Waals surface area contributed by atoms with E-state index < -0.39 is 34.5 Å². The third-order valence-electron chi connectivity index (χ3n) is 4.50. The topological polar surface area (TPSA) is 108 Å². The first-order valence-electron chi connectivity index (χ1n) is 8.55. The van der Waals surface area contributed by atoms with E-state index in [4.69, 9.17) is 14.2 Å². The molecule has 9 nitrogen and oxygen atoms in total. The number of hydrogen-bond acceptors (Lipinski definition) is 8. The summed E-state index contributed by atoms with van der Waals surface area (Å²) in [5, 5.41) is 0. The Morgan fingerprint density at radius 1 is 1.15 bits per heavy atom. The van der Waals surface area contributed by atoms with Crippen LogP contribution in [0, 0.1) is 5.92 Å². The number of ether oxygens (including phenoxy) is 4. The smallest absolute Gasteiger partial charge is 0.344 e. The Balaban J connectivity index is 1.61. The van der Waals surface area contributed by atoms with E-state index in [1.807, 2.05) is 0 Å². The molecule has 1 saturated heterocycles. The van der Waals surface area contributed by atoms with Gasteiger partial charge in [0.05, 0.1) is 17.9 Å². The van der Waals surface area contributed by atoms with E-state index in [-0.39, 0.29) is 18.0 Å². The maximum Gasteiger partial charge on any atom is 0.344 e. The van der Waals surface area contributed by atoms with Gasteiger partial charge in [-0.25, -0.2) is 13.2 Å². The van der Waals surface area contributed by atoms with E-state index in [2.05, 4.69) is 4.74 Å². The fourth-order valence-electron chi connectivity index (χ4n) is 2.97. The van der Waals surface area contributed by atoms with E-state index in [0.29, 0.717) is 37.6 Å². The molecule has 2 heterocycles. The molecule has 0 saturated carbocycles. The van der Waals surface area contributed by atoms with Crippen molar-refractivity contribution in [1.29, 1.82) is 0 Å². The van der Waals surface area contributed by atoms with Crippen LogP contribution in [0.1, 0.15) is 12.8 Å².